The summed E-state index contributed by atoms with van der Waals surface area (Å²) in [5.41, 5.74) is 1.92. The Morgan fingerprint density at radius 2 is 2.06 bits per heavy atom. The fourth-order valence-electron chi connectivity index (χ4n) is 2.48. The first-order valence-corrected chi connectivity index (χ1v) is 6.14. The second kappa shape index (κ2) is 5.15. The van der Waals surface area contributed by atoms with Crippen molar-refractivity contribution in [3.8, 4) is 0 Å². The minimum atomic E-state index is 0.545. The van der Waals surface area contributed by atoms with Crippen molar-refractivity contribution in [2.75, 3.05) is 11.4 Å². The summed E-state index contributed by atoms with van der Waals surface area (Å²) in [7, 11) is 0. The van der Waals surface area contributed by atoms with Gasteiger partial charge in [0.2, 0.25) is 0 Å². The second-order valence-electron chi connectivity index (χ2n) is 4.57. The van der Waals surface area contributed by atoms with Crippen LogP contribution in [0.3, 0.4) is 0 Å². The van der Waals surface area contributed by atoms with Gasteiger partial charge in [0.15, 0.2) is 6.29 Å². The Hall–Kier alpha value is -1.31. The van der Waals surface area contributed by atoms with Crippen molar-refractivity contribution in [3.63, 3.8) is 0 Å². The third-order valence-electron chi connectivity index (χ3n) is 3.43. The number of hydrogen-bond donors (Lipinski definition) is 0. The zero-order valence-electron chi connectivity index (χ0n) is 9.86. The van der Waals surface area contributed by atoms with Crippen LogP contribution < -0.4 is 4.90 Å². The van der Waals surface area contributed by atoms with E-state index < -0.39 is 0 Å². The van der Waals surface area contributed by atoms with E-state index in [1.165, 1.54) is 25.7 Å². The van der Waals surface area contributed by atoms with Crippen LogP contribution in [0, 0.1) is 0 Å². The fraction of sp³-hybridized carbons (Fsp3) is 0.500. The van der Waals surface area contributed by atoms with Crippen LogP contribution in [0.25, 0.3) is 0 Å². The van der Waals surface area contributed by atoms with Gasteiger partial charge in [0, 0.05) is 23.8 Å². The monoisotopic (exact) mass is 217 g/mol. The van der Waals surface area contributed by atoms with E-state index in [-0.39, 0.29) is 0 Å². The van der Waals surface area contributed by atoms with E-state index in [2.05, 4.69) is 17.9 Å². The van der Waals surface area contributed by atoms with Gasteiger partial charge < -0.3 is 4.90 Å². The van der Waals surface area contributed by atoms with E-state index in [4.69, 9.17) is 0 Å². The molecular formula is C14H19NO. The molecule has 1 aromatic rings. The van der Waals surface area contributed by atoms with Gasteiger partial charge in [-0.25, -0.2) is 0 Å². The summed E-state index contributed by atoms with van der Waals surface area (Å²) in [6.45, 7) is 3.33. The van der Waals surface area contributed by atoms with Crippen molar-refractivity contribution in [3.05, 3.63) is 29.8 Å². The molecule has 1 aliphatic heterocycles. The van der Waals surface area contributed by atoms with E-state index in [0.717, 1.165) is 24.1 Å². The Balaban J connectivity index is 2.29. The predicted octanol–water partition coefficient (Wildman–Crippen LogP) is 3.27. The first-order valence-electron chi connectivity index (χ1n) is 6.14. The minimum Gasteiger partial charge on any atom is -0.368 e. The van der Waals surface area contributed by atoms with E-state index in [9.17, 15) is 4.79 Å². The highest BCUT2D eigenvalue weighted by molar-refractivity contribution is 5.84. The third-order valence-corrected chi connectivity index (χ3v) is 3.43. The maximum atomic E-state index is 11.0. The van der Waals surface area contributed by atoms with Gasteiger partial charge in [0.1, 0.15) is 0 Å². The first-order chi connectivity index (χ1) is 7.83. The molecule has 1 atom stereocenters. The molecule has 16 heavy (non-hydrogen) atoms. The lowest BCUT2D eigenvalue weighted by Gasteiger charge is -2.30. The normalized spacial score (nSPS) is 21.6. The van der Waals surface area contributed by atoms with Gasteiger partial charge in [0.05, 0.1) is 0 Å². The number of hydrogen-bond acceptors (Lipinski definition) is 2. The van der Waals surface area contributed by atoms with E-state index >= 15 is 0 Å². The molecule has 1 heterocycles. The smallest absolute Gasteiger partial charge is 0.152 e. The van der Waals surface area contributed by atoms with Gasteiger partial charge in [-0.2, -0.15) is 0 Å². The van der Waals surface area contributed by atoms with Crippen molar-refractivity contribution >= 4 is 12.0 Å². The highest BCUT2D eigenvalue weighted by Crippen LogP contribution is 2.26. The van der Waals surface area contributed by atoms with Crippen molar-refractivity contribution in [1.82, 2.24) is 0 Å². The molecule has 0 bridgehead atoms. The second-order valence-corrected chi connectivity index (χ2v) is 4.57. The summed E-state index contributed by atoms with van der Waals surface area (Å²) < 4.78 is 0. The van der Waals surface area contributed by atoms with Crippen LogP contribution in [0.4, 0.5) is 5.69 Å². The van der Waals surface area contributed by atoms with Crippen LogP contribution in [0.1, 0.15) is 43.0 Å². The van der Waals surface area contributed by atoms with Crippen LogP contribution in [-0.4, -0.2) is 18.9 Å². The molecule has 0 saturated carbocycles. The number of benzene rings is 1. The SMILES string of the molecule is CC1CCCCCN1c1ccccc1C=O. The molecule has 1 saturated heterocycles. The average Bonchev–Trinajstić information content (AvgIpc) is 2.54. The topological polar surface area (TPSA) is 20.3 Å². The van der Waals surface area contributed by atoms with Crippen molar-refractivity contribution < 1.29 is 4.79 Å². The lowest BCUT2D eigenvalue weighted by molar-refractivity contribution is 0.112. The number of nitrogens with zero attached hydrogens (tertiary/aromatic N) is 1. The van der Waals surface area contributed by atoms with E-state index in [1.807, 2.05) is 18.2 Å². The molecule has 1 aliphatic rings. The molecule has 1 unspecified atom stereocenters. The predicted molar refractivity (Wildman–Crippen MR) is 67.1 cm³/mol. The highest BCUT2D eigenvalue weighted by atomic mass is 16.1. The molecule has 0 amide bonds. The molecule has 1 fully saturated rings. The number of anilines is 1. The molecular weight excluding hydrogens is 198 g/mol. The highest BCUT2D eigenvalue weighted by Gasteiger charge is 2.18. The maximum Gasteiger partial charge on any atom is 0.152 e. The largest absolute Gasteiger partial charge is 0.368 e. The lowest BCUT2D eigenvalue weighted by Crippen LogP contribution is -2.33. The Morgan fingerprint density at radius 3 is 2.88 bits per heavy atom. The first kappa shape index (κ1) is 11.2. The van der Waals surface area contributed by atoms with Gasteiger partial charge in [-0.3, -0.25) is 4.79 Å². The molecule has 0 spiro atoms. The molecule has 2 heteroatoms. The summed E-state index contributed by atoms with van der Waals surface area (Å²) in [4.78, 5) is 13.4. The number of carbonyl (C=O) groups is 1. The zero-order valence-corrected chi connectivity index (χ0v) is 9.86. The van der Waals surface area contributed by atoms with Gasteiger partial charge in [0.25, 0.3) is 0 Å². The molecule has 2 nitrogen and oxygen atoms in total. The van der Waals surface area contributed by atoms with Gasteiger partial charge in [-0.15, -0.1) is 0 Å². The molecule has 1 aromatic carbocycles. The molecule has 86 valence electrons. The van der Waals surface area contributed by atoms with Crippen LogP contribution in [0.2, 0.25) is 0 Å². The fourth-order valence-corrected chi connectivity index (χ4v) is 2.48. The van der Waals surface area contributed by atoms with Crippen LogP contribution in [0.15, 0.2) is 24.3 Å². The Labute approximate surface area is 97.3 Å². The summed E-state index contributed by atoms with van der Waals surface area (Å²) >= 11 is 0. The molecule has 0 aromatic heterocycles. The molecule has 0 radical (unpaired) electrons. The Bertz CT molecular complexity index is 362. The van der Waals surface area contributed by atoms with Crippen molar-refractivity contribution in [2.24, 2.45) is 0 Å². The number of aldehydes is 1. The molecule has 0 aliphatic carbocycles. The van der Waals surface area contributed by atoms with Gasteiger partial charge in [-0.1, -0.05) is 25.0 Å². The van der Waals surface area contributed by atoms with E-state index in [1.54, 1.807) is 0 Å². The lowest BCUT2D eigenvalue weighted by atomic mass is 10.1. The van der Waals surface area contributed by atoms with Gasteiger partial charge >= 0.3 is 0 Å². The quantitative estimate of drug-likeness (QED) is 0.709. The Morgan fingerprint density at radius 1 is 1.25 bits per heavy atom. The number of carbonyl (C=O) groups excluding carboxylic acids is 1. The number of para-hydroxylation sites is 1. The van der Waals surface area contributed by atoms with Crippen LogP contribution in [-0.2, 0) is 0 Å². The zero-order chi connectivity index (χ0) is 11.4. The summed E-state index contributed by atoms with van der Waals surface area (Å²) in [5, 5.41) is 0. The molecule has 2 rings (SSSR count). The maximum absolute atomic E-state index is 11.0. The third kappa shape index (κ3) is 2.26. The summed E-state index contributed by atoms with van der Waals surface area (Å²) in [6.07, 6.45) is 6.04. The van der Waals surface area contributed by atoms with Gasteiger partial charge in [-0.05, 0) is 31.9 Å². The van der Waals surface area contributed by atoms with Crippen molar-refractivity contribution in [1.29, 1.82) is 0 Å². The van der Waals surface area contributed by atoms with Crippen LogP contribution >= 0.6 is 0 Å². The minimum absolute atomic E-state index is 0.545. The van der Waals surface area contributed by atoms with E-state index in [0.29, 0.717) is 6.04 Å². The average molecular weight is 217 g/mol. The number of rotatable bonds is 2. The Kier molecular flexibility index (Phi) is 3.60. The summed E-state index contributed by atoms with van der Waals surface area (Å²) in [6, 6.07) is 8.45. The standard InChI is InChI=1S/C14H19NO/c1-12-7-3-2-6-10-15(12)14-9-5-4-8-13(14)11-16/h4-5,8-9,11-12H,2-3,6-7,10H2,1H3. The molecule has 0 N–H and O–H groups in total. The van der Waals surface area contributed by atoms with Crippen LogP contribution in [0.5, 0.6) is 0 Å². The van der Waals surface area contributed by atoms with Crippen molar-refractivity contribution in [2.45, 2.75) is 38.6 Å². The summed E-state index contributed by atoms with van der Waals surface area (Å²) in [5.74, 6) is 0.